The second-order valence-electron chi connectivity index (χ2n) is 6.64. The molecule has 3 aromatic rings. The molecule has 1 unspecified atom stereocenters. The first kappa shape index (κ1) is 15.1. The largest absolute Gasteiger partial charge is 0.366 e. The molecule has 2 aromatic heterocycles. The lowest BCUT2D eigenvalue weighted by Crippen LogP contribution is -2.23. The Bertz CT molecular complexity index is 807. The van der Waals surface area contributed by atoms with E-state index in [-0.39, 0.29) is 0 Å². The molecule has 0 amide bonds. The first-order valence-corrected chi connectivity index (χ1v) is 8.86. The van der Waals surface area contributed by atoms with Gasteiger partial charge >= 0.3 is 0 Å². The third kappa shape index (κ3) is 3.25. The summed E-state index contributed by atoms with van der Waals surface area (Å²) in [7, 11) is 0. The Labute approximate surface area is 142 Å². The fraction of sp³-hybridized carbons (Fsp3) is 0.421. The molecular formula is C19H23N5. The van der Waals surface area contributed by atoms with Crippen LogP contribution in [-0.2, 0) is 6.42 Å². The minimum absolute atomic E-state index is 0.378. The summed E-state index contributed by atoms with van der Waals surface area (Å²) in [6.07, 6.45) is 5.67. The van der Waals surface area contributed by atoms with E-state index in [9.17, 15) is 0 Å². The number of fused-ring (bicyclic) bond motifs is 1. The van der Waals surface area contributed by atoms with Crippen LogP contribution in [0.5, 0.6) is 0 Å². The van der Waals surface area contributed by atoms with E-state index in [4.69, 9.17) is 5.10 Å². The molecule has 1 saturated carbocycles. The van der Waals surface area contributed by atoms with Crippen molar-refractivity contribution in [1.82, 2.24) is 19.8 Å². The summed E-state index contributed by atoms with van der Waals surface area (Å²) in [5, 5.41) is 16.9. The number of nitrogens with one attached hydrogen (secondary N) is 1. The van der Waals surface area contributed by atoms with Crippen molar-refractivity contribution in [3.8, 4) is 0 Å². The predicted molar refractivity (Wildman–Crippen MR) is 95.2 cm³/mol. The van der Waals surface area contributed by atoms with Gasteiger partial charge in [-0.25, -0.2) is 0 Å². The number of nitrogens with zero attached hydrogens (tertiary/aromatic N) is 4. The quantitative estimate of drug-likeness (QED) is 0.718. The van der Waals surface area contributed by atoms with Crippen LogP contribution in [0, 0.1) is 0 Å². The van der Waals surface area contributed by atoms with E-state index in [1.807, 2.05) is 16.6 Å². The van der Waals surface area contributed by atoms with E-state index in [0.29, 0.717) is 12.0 Å². The standard InChI is InChI=1S/C19H23N5/c1-2-6-16(13-14-7-4-3-5-8-14)20-17-11-12-18-21-22-19(15-9-10-15)24(18)23-17/h3-5,7-8,11-12,15-16H,2,6,9-10,13H2,1H3,(H,20,23). The van der Waals surface area contributed by atoms with Crippen molar-refractivity contribution < 1.29 is 0 Å². The molecule has 4 rings (SSSR count). The molecule has 5 heteroatoms. The Morgan fingerprint density at radius 1 is 1.12 bits per heavy atom. The van der Waals surface area contributed by atoms with Crippen molar-refractivity contribution in [2.24, 2.45) is 0 Å². The molecular weight excluding hydrogens is 298 g/mol. The summed E-state index contributed by atoms with van der Waals surface area (Å²) in [5.41, 5.74) is 2.19. The van der Waals surface area contributed by atoms with E-state index < -0.39 is 0 Å². The molecule has 24 heavy (non-hydrogen) atoms. The van der Waals surface area contributed by atoms with Gasteiger partial charge in [-0.05, 0) is 43.4 Å². The second kappa shape index (κ2) is 6.59. The van der Waals surface area contributed by atoms with E-state index in [0.717, 1.165) is 36.6 Å². The normalized spacial score (nSPS) is 15.5. The topological polar surface area (TPSA) is 55.1 Å². The van der Waals surface area contributed by atoms with Gasteiger partial charge in [-0.1, -0.05) is 43.7 Å². The molecule has 2 heterocycles. The maximum Gasteiger partial charge on any atom is 0.178 e. The van der Waals surface area contributed by atoms with E-state index in [1.165, 1.54) is 18.4 Å². The predicted octanol–water partition coefficient (Wildman–Crippen LogP) is 3.83. The molecule has 1 aliphatic rings. The molecule has 1 aliphatic carbocycles. The highest BCUT2D eigenvalue weighted by Crippen LogP contribution is 2.38. The minimum atomic E-state index is 0.378. The Hall–Kier alpha value is -2.43. The maximum absolute atomic E-state index is 4.74. The molecule has 1 aromatic carbocycles. The van der Waals surface area contributed by atoms with Crippen LogP contribution in [0.2, 0.25) is 0 Å². The zero-order valence-corrected chi connectivity index (χ0v) is 14.0. The van der Waals surface area contributed by atoms with E-state index in [1.54, 1.807) is 0 Å². The van der Waals surface area contributed by atoms with Crippen molar-refractivity contribution in [2.75, 3.05) is 5.32 Å². The van der Waals surface area contributed by atoms with Gasteiger partial charge in [0.2, 0.25) is 0 Å². The highest BCUT2D eigenvalue weighted by Gasteiger charge is 2.29. The molecule has 0 aliphatic heterocycles. The average molecular weight is 321 g/mol. The lowest BCUT2D eigenvalue weighted by molar-refractivity contribution is 0.631. The Morgan fingerprint density at radius 3 is 2.71 bits per heavy atom. The van der Waals surface area contributed by atoms with Gasteiger partial charge in [-0.15, -0.1) is 15.3 Å². The molecule has 0 bridgehead atoms. The van der Waals surface area contributed by atoms with Crippen LogP contribution in [0.15, 0.2) is 42.5 Å². The summed E-state index contributed by atoms with van der Waals surface area (Å²) in [6, 6.07) is 15.0. The summed E-state index contributed by atoms with van der Waals surface area (Å²) < 4.78 is 1.91. The molecule has 1 N–H and O–H groups in total. The number of rotatable bonds is 7. The van der Waals surface area contributed by atoms with Crippen LogP contribution in [0.3, 0.4) is 0 Å². The highest BCUT2D eigenvalue weighted by atomic mass is 15.4. The van der Waals surface area contributed by atoms with Crippen molar-refractivity contribution in [3.05, 3.63) is 53.9 Å². The van der Waals surface area contributed by atoms with Crippen molar-refractivity contribution >= 4 is 11.5 Å². The molecule has 1 fully saturated rings. The van der Waals surface area contributed by atoms with Crippen LogP contribution >= 0.6 is 0 Å². The maximum atomic E-state index is 4.74. The summed E-state index contributed by atoms with van der Waals surface area (Å²) in [5.74, 6) is 2.45. The van der Waals surface area contributed by atoms with Gasteiger partial charge < -0.3 is 5.32 Å². The fourth-order valence-electron chi connectivity index (χ4n) is 3.16. The monoisotopic (exact) mass is 321 g/mol. The average Bonchev–Trinajstić information content (AvgIpc) is 3.36. The van der Waals surface area contributed by atoms with E-state index in [2.05, 4.69) is 52.8 Å². The third-order valence-corrected chi connectivity index (χ3v) is 4.54. The number of benzene rings is 1. The molecule has 0 radical (unpaired) electrons. The number of aromatic nitrogens is 4. The van der Waals surface area contributed by atoms with Gasteiger partial charge in [-0.2, -0.15) is 4.52 Å². The summed E-state index contributed by atoms with van der Waals surface area (Å²) in [4.78, 5) is 0. The summed E-state index contributed by atoms with van der Waals surface area (Å²) >= 11 is 0. The first-order chi connectivity index (χ1) is 11.8. The summed E-state index contributed by atoms with van der Waals surface area (Å²) in [6.45, 7) is 2.22. The highest BCUT2D eigenvalue weighted by molar-refractivity contribution is 5.45. The van der Waals surface area contributed by atoms with Gasteiger partial charge in [0, 0.05) is 12.0 Å². The third-order valence-electron chi connectivity index (χ3n) is 4.54. The van der Waals surface area contributed by atoms with Crippen LogP contribution in [0.1, 0.15) is 49.9 Å². The zero-order chi connectivity index (χ0) is 16.4. The van der Waals surface area contributed by atoms with Gasteiger partial charge in [0.05, 0.1) is 0 Å². The number of anilines is 1. The van der Waals surface area contributed by atoms with Gasteiger partial charge in [0.15, 0.2) is 11.5 Å². The van der Waals surface area contributed by atoms with Crippen LogP contribution in [-0.4, -0.2) is 25.9 Å². The molecule has 0 saturated heterocycles. The van der Waals surface area contributed by atoms with Gasteiger partial charge in [0.1, 0.15) is 5.82 Å². The van der Waals surface area contributed by atoms with Crippen molar-refractivity contribution in [1.29, 1.82) is 0 Å². The van der Waals surface area contributed by atoms with Crippen LogP contribution in [0.25, 0.3) is 5.65 Å². The van der Waals surface area contributed by atoms with E-state index >= 15 is 0 Å². The molecule has 0 spiro atoms. The SMILES string of the molecule is CCCC(Cc1ccccc1)Nc1ccc2nnc(C3CC3)n2n1. The zero-order valence-electron chi connectivity index (χ0n) is 14.0. The Balaban J connectivity index is 1.55. The smallest absolute Gasteiger partial charge is 0.178 e. The van der Waals surface area contributed by atoms with Crippen LogP contribution in [0.4, 0.5) is 5.82 Å². The molecule has 1 atom stereocenters. The van der Waals surface area contributed by atoms with Crippen LogP contribution < -0.4 is 5.32 Å². The number of hydrogen-bond acceptors (Lipinski definition) is 4. The lowest BCUT2D eigenvalue weighted by Gasteiger charge is -2.19. The lowest BCUT2D eigenvalue weighted by atomic mass is 10.0. The molecule has 5 nitrogen and oxygen atoms in total. The fourth-order valence-corrected chi connectivity index (χ4v) is 3.16. The second-order valence-corrected chi connectivity index (χ2v) is 6.64. The molecule has 124 valence electrons. The Kier molecular flexibility index (Phi) is 4.15. The van der Waals surface area contributed by atoms with Crippen molar-refractivity contribution in [2.45, 2.75) is 51.0 Å². The first-order valence-electron chi connectivity index (χ1n) is 8.86. The number of hydrogen-bond donors (Lipinski definition) is 1. The van der Waals surface area contributed by atoms with Gasteiger partial charge in [-0.3, -0.25) is 0 Å². The minimum Gasteiger partial charge on any atom is -0.366 e. The Morgan fingerprint density at radius 2 is 1.96 bits per heavy atom. The van der Waals surface area contributed by atoms with Gasteiger partial charge in [0.25, 0.3) is 0 Å². The van der Waals surface area contributed by atoms with Crippen molar-refractivity contribution in [3.63, 3.8) is 0 Å².